The molecule has 1 saturated carbocycles. The number of imide groups is 1. The molecule has 0 radical (unpaired) electrons. The maximum Gasteiger partial charge on any atom is 0.321 e. The predicted molar refractivity (Wildman–Crippen MR) is 102 cm³/mol. The van der Waals surface area contributed by atoms with Crippen molar-refractivity contribution < 1.29 is 19.1 Å². The van der Waals surface area contributed by atoms with Crippen LogP contribution in [0.1, 0.15) is 59.2 Å². The summed E-state index contributed by atoms with van der Waals surface area (Å²) in [6.07, 6.45) is 6.17. The Bertz CT molecular complexity index is 728. The second-order valence-corrected chi connectivity index (χ2v) is 7.20. The van der Waals surface area contributed by atoms with E-state index in [9.17, 15) is 14.4 Å². The second kappa shape index (κ2) is 8.52. The molecule has 0 spiro atoms. The highest BCUT2D eigenvalue weighted by molar-refractivity contribution is 6.21. The highest BCUT2D eigenvalue weighted by atomic mass is 16.5. The summed E-state index contributed by atoms with van der Waals surface area (Å²) >= 11 is 0. The maximum absolute atomic E-state index is 12.6. The van der Waals surface area contributed by atoms with E-state index in [-0.39, 0.29) is 23.9 Å². The van der Waals surface area contributed by atoms with Crippen LogP contribution in [0.15, 0.2) is 18.2 Å². The summed E-state index contributed by atoms with van der Waals surface area (Å²) in [5.41, 5.74) is 1.26. The molecule has 0 bridgehead atoms. The summed E-state index contributed by atoms with van der Waals surface area (Å²) in [6, 6.07) is 4.96. The number of carbonyl (C=O) groups is 3. The molecule has 0 aromatic heterocycles. The number of hydrogen-bond donors (Lipinski definition) is 1. The summed E-state index contributed by atoms with van der Waals surface area (Å²) < 4.78 is 4.98. The van der Waals surface area contributed by atoms with Crippen molar-refractivity contribution in [1.29, 1.82) is 0 Å². The van der Waals surface area contributed by atoms with Crippen LogP contribution >= 0.6 is 0 Å². The molecule has 0 unspecified atom stereocenters. The van der Waals surface area contributed by atoms with Crippen molar-refractivity contribution in [3.8, 4) is 0 Å². The van der Waals surface area contributed by atoms with Crippen molar-refractivity contribution in [2.24, 2.45) is 0 Å². The maximum atomic E-state index is 12.6. The van der Waals surface area contributed by atoms with Gasteiger partial charge >= 0.3 is 6.03 Å². The third-order valence-corrected chi connectivity index (χ3v) is 5.39. The molecule has 7 nitrogen and oxygen atoms in total. The third kappa shape index (κ3) is 4.13. The van der Waals surface area contributed by atoms with E-state index in [1.807, 2.05) is 7.05 Å². The molecule has 0 saturated heterocycles. The van der Waals surface area contributed by atoms with Crippen molar-refractivity contribution in [2.75, 3.05) is 32.6 Å². The zero-order chi connectivity index (χ0) is 19.4. The summed E-state index contributed by atoms with van der Waals surface area (Å²) in [4.78, 5) is 40.5. The summed E-state index contributed by atoms with van der Waals surface area (Å²) in [6.45, 7) is 0.814. The van der Waals surface area contributed by atoms with Gasteiger partial charge in [-0.05, 0) is 37.5 Å². The van der Waals surface area contributed by atoms with Crippen LogP contribution in [0.4, 0.5) is 10.5 Å². The van der Waals surface area contributed by atoms with E-state index in [1.54, 1.807) is 30.2 Å². The number of carbonyl (C=O) groups excluding carboxylic acids is 3. The number of rotatable bonds is 6. The number of anilines is 1. The van der Waals surface area contributed by atoms with Crippen molar-refractivity contribution in [3.05, 3.63) is 29.3 Å². The van der Waals surface area contributed by atoms with Crippen LogP contribution in [0.25, 0.3) is 0 Å². The monoisotopic (exact) mass is 373 g/mol. The van der Waals surface area contributed by atoms with E-state index >= 15 is 0 Å². The van der Waals surface area contributed by atoms with Gasteiger partial charge in [0.25, 0.3) is 11.8 Å². The number of ether oxygens (including phenoxy) is 1. The highest BCUT2D eigenvalue weighted by Crippen LogP contribution is 2.27. The fourth-order valence-corrected chi connectivity index (χ4v) is 3.78. The van der Waals surface area contributed by atoms with Crippen LogP contribution in [-0.4, -0.2) is 61.0 Å². The van der Waals surface area contributed by atoms with Crippen LogP contribution in [-0.2, 0) is 4.74 Å². The Morgan fingerprint density at radius 2 is 1.89 bits per heavy atom. The lowest BCUT2D eigenvalue weighted by Crippen LogP contribution is -2.40. The van der Waals surface area contributed by atoms with Crippen molar-refractivity contribution in [3.63, 3.8) is 0 Å². The Morgan fingerprint density at radius 3 is 2.59 bits per heavy atom. The van der Waals surface area contributed by atoms with Gasteiger partial charge < -0.3 is 15.0 Å². The average molecular weight is 373 g/mol. The van der Waals surface area contributed by atoms with Gasteiger partial charge in [-0.25, -0.2) is 4.79 Å². The van der Waals surface area contributed by atoms with Gasteiger partial charge in [-0.15, -0.1) is 0 Å². The van der Waals surface area contributed by atoms with Gasteiger partial charge in [0.1, 0.15) is 0 Å². The van der Waals surface area contributed by atoms with Gasteiger partial charge in [0.05, 0.1) is 11.1 Å². The molecule has 7 heteroatoms. The quantitative estimate of drug-likeness (QED) is 0.614. The number of benzene rings is 1. The van der Waals surface area contributed by atoms with Gasteiger partial charge in [0, 0.05) is 39.0 Å². The first kappa shape index (κ1) is 19.4. The summed E-state index contributed by atoms with van der Waals surface area (Å²) in [5, 5.41) is 2.86. The standard InChI is InChI=1S/C20H27N3O4/c1-22(15-7-4-3-5-8-15)20(26)21-14-9-10-16-17(13-14)19(25)23(18(16)24)11-6-12-27-2/h9-10,13,15H,3-8,11-12H2,1-2H3,(H,21,26). The van der Waals surface area contributed by atoms with Gasteiger partial charge in [-0.3, -0.25) is 14.5 Å². The lowest BCUT2D eigenvalue weighted by molar-refractivity contribution is 0.0638. The molecule has 146 valence electrons. The molecule has 27 heavy (non-hydrogen) atoms. The van der Waals surface area contributed by atoms with E-state index in [4.69, 9.17) is 4.74 Å². The molecule has 1 N–H and O–H groups in total. The fourth-order valence-electron chi connectivity index (χ4n) is 3.78. The Morgan fingerprint density at radius 1 is 1.19 bits per heavy atom. The van der Waals surface area contributed by atoms with Crippen molar-refractivity contribution >= 4 is 23.5 Å². The molecule has 2 aliphatic rings. The van der Waals surface area contributed by atoms with Crippen LogP contribution in [0.3, 0.4) is 0 Å². The molecular weight excluding hydrogens is 346 g/mol. The van der Waals surface area contributed by atoms with Crippen LogP contribution < -0.4 is 5.32 Å². The van der Waals surface area contributed by atoms with Crippen molar-refractivity contribution in [1.82, 2.24) is 9.80 Å². The van der Waals surface area contributed by atoms with Crippen molar-refractivity contribution in [2.45, 2.75) is 44.6 Å². The molecule has 4 amide bonds. The Labute approximate surface area is 159 Å². The minimum Gasteiger partial charge on any atom is -0.385 e. The highest BCUT2D eigenvalue weighted by Gasteiger charge is 2.35. The Hall–Kier alpha value is -2.41. The number of hydrogen-bond acceptors (Lipinski definition) is 4. The normalized spacial score (nSPS) is 17.2. The van der Waals surface area contributed by atoms with E-state index in [2.05, 4.69) is 5.32 Å². The summed E-state index contributed by atoms with van der Waals surface area (Å²) in [7, 11) is 3.40. The first-order chi connectivity index (χ1) is 13.0. The zero-order valence-corrected chi connectivity index (χ0v) is 16.0. The lowest BCUT2D eigenvalue weighted by Gasteiger charge is -2.31. The Kier molecular flexibility index (Phi) is 6.11. The average Bonchev–Trinajstić information content (AvgIpc) is 2.92. The second-order valence-electron chi connectivity index (χ2n) is 7.20. The molecule has 1 aliphatic carbocycles. The minimum absolute atomic E-state index is 0.185. The molecule has 3 rings (SSSR count). The van der Waals surface area contributed by atoms with Gasteiger partial charge in [-0.1, -0.05) is 19.3 Å². The molecule has 0 atom stereocenters. The van der Waals surface area contributed by atoms with E-state index < -0.39 is 0 Å². The smallest absolute Gasteiger partial charge is 0.321 e. The minimum atomic E-state index is -0.317. The number of fused-ring (bicyclic) bond motifs is 1. The number of methoxy groups -OCH3 is 1. The lowest BCUT2D eigenvalue weighted by atomic mass is 9.95. The van der Waals surface area contributed by atoms with Crippen LogP contribution in [0, 0.1) is 0 Å². The van der Waals surface area contributed by atoms with Gasteiger partial charge in [-0.2, -0.15) is 0 Å². The van der Waals surface area contributed by atoms with Gasteiger partial charge in [0.15, 0.2) is 0 Å². The SMILES string of the molecule is COCCCN1C(=O)c2ccc(NC(=O)N(C)C3CCCCC3)cc2C1=O. The molecule has 1 heterocycles. The van der Waals surface area contributed by atoms with Gasteiger partial charge in [0.2, 0.25) is 0 Å². The molecule has 1 aliphatic heterocycles. The number of nitrogens with one attached hydrogen (secondary N) is 1. The molecule has 1 aromatic carbocycles. The number of amides is 4. The number of nitrogens with zero attached hydrogens (tertiary/aromatic N) is 2. The molecule has 1 aromatic rings. The summed E-state index contributed by atoms with van der Waals surface area (Å²) in [5.74, 6) is -0.605. The largest absolute Gasteiger partial charge is 0.385 e. The van der Waals surface area contributed by atoms with E-state index in [0.717, 1.165) is 25.7 Å². The van der Waals surface area contributed by atoms with Crippen LogP contribution in [0.5, 0.6) is 0 Å². The first-order valence-electron chi connectivity index (χ1n) is 9.56. The number of urea groups is 1. The third-order valence-electron chi connectivity index (χ3n) is 5.39. The molecule has 1 fully saturated rings. The topological polar surface area (TPSA) is 79.0 Å². The Balaban J connectivity index is 1.67. The van der Waals surface area contributed by atoms with E-state index in [0.29, 0.717) is 36.4 Å². The fraction of sp³-hybridized carbons (Fsp3) is 0.550. The zero-order valence-electron chi connectivity index (χ0n) is 16.0. The molecular formula is C20H27N3O4. The van der Waals surface area contributed by atoms with Crippen LogP contribution in [0.2, 0.25) is 0 Å². The first-order valence-corrected chi connectivity index (χ1v) is 9.56. The predicted octanol–water partition coefficient (Wildman–Crippen LogP) is 3.12. The van der Waals surface area contributed by atoms with E-state index in [1.165, 1.54) is 11.3 Å².